The Morgan fingerprint density at radius 1 is 0.719 bits per heavy atom. The van der Waals surface area contributed by atoms with Gasteiger partial charge in [0.2, 0.25) is 5.91 Å². The first-order valence-corrected chi connectivity index (χ1v) is 11.1. The van der Waals surface area contributed by atoms with Crippen molar-refractivity contribution < 1.29 is 9.59 Å². The summed E-state index contributed by atoms with van der Waals surface area (Å²) in [6, 6.07) is 25.6. The van der Waals surface area contributed by atoms with E-state index in [1.54, 1.807) is 12.1 Å². The van der Waals surface area contributed by atoms with Crippen LogP contribution in [0.15, 0.2) is 78.9 Å². The van der Waals surface area contributed by atoms with Gasteiger partial charge in [0.05, 0.1) is 6.54 Å². The van der Waals surface area contributed by atoms with E-state index >= 15 is 0 Å². The highest BCUT2D eigenvalue weighted by Gasteiger charge is 2.09. The average molecular weight is 430 g/mol. The van der Waals surface area contributed by atoms with Crippen molar-refractivity contribution in [3.05, 3.63) is 95.6 Å². The molecule has 3 rings (SSSR count). The number of nitrogens with one attached hydrogen (secondary N) is 2. The van der Waals surface area contributed by atoms with Crippen LogP contribution in [0.5, 0.6) is 0 Å². The van der Waals surface area contributed by atoms with Crippen LogP contribution in [0.3, 0.4) is 0 Å². The molecular weight excluding hydrogens is 398 g/mol. The number of nitrogens with zero attached hydrogens (tertiary/aromatic N) is 1. The van der Waals surface area contributed by atoms with Crippen LogP contribution in [0.1, 0.15) is 35.3 Å². The van der Waals surface area contributed by atoms with Crippen molar-refractivity contribution in [3.63, 3.8) is 0 Å². The zero-order chi connectivity index (χ0) is 22.8. The molecule has 0 fully saturated rings. The van der Waals surface area contributed by atoms with Crippen LogP contribution in [0, 0.1) is 0 Å². The van der Waals surface area contributed by atoms with Gasteiger partial charge in [0.15, 0.2) is 0 Å². The van der Waals surface area contributed by atoms with Gasteiger partial charge in [-0.05, 0) is 47.5 Å². The molecule has 0 spiro atoms. The Bertz CT molecular complexity index is 995. The second kappa shape index (κ2) is 11.8. The van der Waals surface area contributed by atoms with Crippen LogP contribution in [-0.4, -0.2) is 36.3 Å². The fourth-order valence-electron chi connectivity index (χ4n) is 3.44. The van der Waals surface area contributed by atoms with Gasteiger partial charge in [0, 0.05) is 18.7 Å². The number of carbonyl (C=O) groups excluding carboxylic acids is 2. The van der Waals surface area contributed by atoms with Gasteiger partial charge in [-0.3, -0.25) is 14.5 Å². The fraction of sp³-hybridized carbons (Fsp3) is 0.259. The monoisotopic (exact) mass is 429 g/mol. The molecule has 5 heteroatoms. The molecular formula is C27H31N3O2. The van der Waals surface area contributed by atoms with Crippen LogP contribution in [0.4, 0.5) is 0 Å². The Kier molecular flexibility index (Phi) is 8.58. The minimum absolute atomic E-state index is 0.0562. The van der Waals surface area contributed by atoms with Crippen molar-refractivity contribution in [2.24, 2.45) is 0 Å². The third-order valence-electron chi connectivity index (χ3n) is 5.48. The van der Waals surface area contributed by atoms with E-state index in [1.165, 1.54) is 5.56 Å². The molecule has 3 aromatic rings. The first kappa shape index (κ1) is 23.2. The minimum atomic E-state index is -0.263. The average Bonchev–Trinajstić information content (AvgIpc) is 2.86. The number of hydrogen-bond acceptors (Lipinski definition) is 3. The lowest BCUT2D eigenvalue weighted by molar-refractivity contribution is -0.120. The smallest absolute Gasteiger partial charge is 0.251 e. The number of rotatable bonds is 10. The third-order valence-corrected chi connectivity index (χ3v) is 5.48. The van der Waals surface area contributed by atoms with Gasteiger partial charge in [0.25, 0.3) is 5.91 Å². The van der Waals surface area contributed by atoms with Gasteiger partial charge in [-0.2, -0.15) is 0 Å². The van der Waals surface area contributed by atoms with Crippen molar-refractivity contribution in [2.75, 3.05) is 19.6 Å². The second-order valence-corrected chi connectivity index (χ2v) is 7.68. The summed E-state index contributed by atoms with van der Waals surface area (Å²) >= 11 is 0. The summed E-state index contributed by atoms with van der Waals surface area (Å²) < 4.78 is 0. The number of hydrogen-bond donors (Lipinski definition) is 2. The Morgan fingerprint density at radius 2 is 1.31 bits per heavy atom. The van der Waals surface area contributed by atoms with Gasteiger partial charge in [-0.25, -0.2) is 0 Å². The molecule has 2 N–H and O–H groups in total. The van der Waals surface area contributed by atoms with Gasteiger partial charge < -0.3 is 10.6 Å². The Labute approximate surface area is 190 Å². The summed E-state index contributed by atoms with van der Waals surface area (Å²) in [6.07, 6.45) is 0. The summed E-state index contributed by atoms with van der Waals surface area (Å²) in [5.41, 5.74) is 4.96. The molecule has 0 heterocycles. The molecule has 3 aromatic carbocycles. The zero-order valence-electron chi connectivity index (χ0n) is 18.8. The maximum Gasteiger partial charge on any atom is 0.251 e. The predicted octanol–water partition coefficient (Wildman–Crippen LogP) is 4.24. The highest BCUT2D eigenvalue weighted by Crippen LogP contribution is 2.19. The molecule has 0 saturated heterocycles. The van der Waals surface area contributed by atoms with Crippen LogP contribution in [0.25, 0.3) is 11.1 Å². The van der Waals surface area contributed by atoms with Crippen molar-refractivity contribution in [1.29, 1.82) is 0 Å². The number of amides is 2. The van der Waals surface area contributed by atoms with E-state index in [0.717, 1.165) is 36.3 Å². The summed E-state index contributed by atoms with van der Waals surface area (Å²) in [5.74, 6) is -0.480. The van der Waals surface area contributed by atoms with E-state index in [9.17, 15) is 9.59 Å². The Hall–Kier alpha value is -3.44. The van der Waals surface area contributed by atoms with Crippen molar-refractivity contribution in [3.8, 4) is 11.1 Å². The second-order valence-electron chi connectivity index (χ2n) is 7.68. The lowest BCUT2D eigenvalue weighted by Gasteiger charge is -2.18. The molecule has 0 aromatic heterocycles. The number of carbonyl (C=O) groups is 2. The normalized spacial score (nSPS) is 10.7. The quantitative estimate of drug-likeness (QED) is 0.507. The zero-order valence-corrected chi connectivity index (χ0v) is 18.8. The van der Waals surface area contributed by atoms with Crippen LogP contribution in [0.2, 0.25) is 0 Å². The van der Waals surface area contributed by atoms with Gasteiger partial charge in [0.1, 0.15) is 0 Å². The molecule has 0 bridgehead atoms. The SMILES string of the molecule is CCN(CC)Cc1ccc(CNC(=O)CNC(=O)c2ccc(-c3ccccc3)cc2)cc1. The molecule has 166 valence electrons. The largest absolute Gasteiger partial charge is 0.350 e. The molecule has 32 heavy (non-hydrogen) atoms. The Morgan fingerprint density at radius 3 is 1.94 bits per heavy atom. The standard InChI is InChI=1S/C27H31N3O2/c1-3-30(4-2)20-22-12-10-21(11-13-22)18-28-26(31)19-29-27(32)25-16-14-24(15-17-25)23-8-6-5-7-9-23/h5-17H,3-4,18-20H2,1-2H3,(H,28,31)(H,29,32). The molecule has 0 atom stereocenters. The van der Waals surface area contributed by atoms with E-state index < -0.39 is 0 Å². The summed E-state index contributed by atoms with van der Waals surface area (Å²) in [4.78, 5) is 26.9. The summed E-state index contributed by atoms with van der Waals surface area (Å²) in [6.45, 7) is 7.68. The van der Waals surface area contributed by atoms with E-state index in [2.05, 4.69) is 41.5 Å². The Balaban J connectivity index is 1.43. The van der Waals surface area contributed by atoms with Gasteiger partial charge >= 0.3 is 0 Å². The van der Waals surface area contributed by atoms with E-state index in [0.29, 0.717) is 12.1 Å². The molecule has 0 aliphatic carbocycles. The maximum absolute atomic E-state index is 12.4. The first-order chi connectivity index (χ1) is 15.6. The summed E-state index contributed by atoms with van der Waals surface area (Å²) in [7, 11) is 0. The van der Waals surface area contributed by atoms with Crippen LogP contribution in [-0.2, 0) is 17.9 Å². The van der Waals surface area contributed by atoms with Crippen molar-refractivity contribution in [1.82, 2.24) is 15.5 Å². The van der Waals surface area contributed by atoms with E-state index in [4.69, 9.17) is 0 Å². The van der Waals surface area contributed by atoms with Crippen LogP contribution < -0.4 is 10.6 Å². The first-order valence-electron chi connectivity index (χ1n) is 11.1. The summed E-state index contributed by atoms with van der Waals surface area (Å²) in [5, 5.41) is 5.54. The third kappa shape index (κ3) is 6.79. The topological polar surface area (TPSA) is 61.4 Å². The highest BCUT2D eigenvalue weighted by atomic mass is 16.2. The van der Waals surface area contributed by atoms with Crippen molar-refractivity contribution in [2.45, 2.75) is 26.9 Å². The molecule has 0 aliphatic rings. The van der Waals surface area contributed by atoms with E-state index in [-0.39, 0.29) is 18.4 Å². The molecule has 0 aliphatic heterocycles. The minimum Gasteiger partial charge on any atom is -0.350 e. The van der Waals surface area contributed by atoms with Crippen molar-refractivity contribution >= 4 is 11.8 Å². The fourth-order valence-corrected chi connectivity index (χ4v) is 3.44. The van der Waals surface area contributed by atoms with Gasteiger partial charge in [-0.1, -0.05) is 80.6 Å². The predicted molar refractivity (Wildman–Crippen MR) is 129 cm³/mol. The molecule has 0 radical (unpaired) electrons. The maximum atomic E-state index is 12.4. The number of benzene rings is 3. The van der Waals surface area contributed by atoms with E-state index in [1.807, 2.05) is 54.6 Å². The molecule has 5 nitrogen and oxygen atoms in total. The van der Waals surface area contributed by atoms with Gasteiger partial charge in [-0.15, -0.1) is 0 Å². The molecule has 0 saturated carbocycles. The lowest BCUT2D eigenvalue weighted by atomic mass is 10.0. The lowest BCUT2D eigenvalue weighted by Crippen LogP contribution is -2.36. The molecule has 2 amide bonds. The van der Waals surface area contributed by atoms with Crippen LogP contribution >= 0.6 is 0 Å². The molecule has 0 unspecified atom stereocenters. The highest BCUT2D eigenvalue weighted by molar-refractivity contribution is 5.96.